The molecule has 0 aliphatic carbocycles. The van der Waals surface area contributed by atoms with Crippen LogP contribution >= 0.6 is 7.14 Å². The molecule has 0 atom stereocenters. The highest BCUT2D eigenvalue weighted by molar-refractivity contribution is 7.85. The zero-order chi connectivity index (χ0) is 26.9. The quantitative estimate of drug-likeness (QED) is 0.174. The number of benzene rings is 4. The molecule has 0 aliphatic rings. The number of hydrogen-bond donors (Lipinski definition) is 0. The molecule has 5 heteroatoms. The van der Waals surface area contributed by atoms with Crippen molar-refractivity contribution in [1.29, 1.82) is 0 Å². The number of hydrogen-bond acceptors (Lipinski definition) is 4. The Morgan fingerprint density at radius 3 is 1.35 bits per heavy atom. The predicted molar refractivity (Wildman–Crippen MR) is 165 cm³/mol. The molecule has 0 saturated heterocycles. The molecule has 190 valence electrons. The van der Waals surface area contributed by atoms with E-state index in [4.69, 9.17) is 9.97 Å². The summed E-state index contributed by atoms with van der Waals surface area (Å²) in [5, 5.41) is 4.51. The molecule has 0 bridgehead atoms. The molecular weight excluding hydrogens is 509 g/mol. The molecule has 0 aliphatic heterocycles. The SMILES string of the molecule is O=P(c1ccccc1)(c1ccccc1)c1ccc(-c2ccc3ccc4ccc(-c5ccncc5)nc4c3n2)cc1. The van der Waals surface area contributed by atoms with Gasteiger partial charge in [-0.05, 0) is 24.3 Å². The van der Waals surface area contributed by atoms with Crippen LogP contribution in [0.5, 0.6) is 0 Å². The lowest BCUT2D eigenvalue weighted by Gasteiger charge is -2.20. The third kappa shape index (κ3) is 4.20. The molecule has 4 aromatic carbocycles. The van der Waals surface area contributed by atoms with Crippen LogP contribution in [0.25, 0.3) is 44.3 Å². The first-order valence-corrected chi connectivity index (χ1v) is 14.8. The van der Waals surface area contributed by atoms with Crippen molar-refractivity contribution in [2.75, 3.05) is 0 Å². The Balaban J connectivity index is 1.33. The fourth-order valence-corrected chi connectivity index (χ4v) is 7.82. The van der Waals surface area contributed by atoms with Crippen LogP contribution in [0, 0.1) is 0 Å². The van der Waals surface area contributed by atoms with E-state index in [0.717, 1.165) is 60.2 Å². The lowest BCUT2D eigenvalue weighted by Crippen LogP contribution is -2.24. The van der Waals surface area contributed by atoms with Crippen LogP contribution in [-0.4, -0.2) is 15.0 Å². The lowest BCUT2D eigenvalue weighted by molar-refractivity contribution is 0.592. The highest BCUT2D eigenvalue weighted by Crippen LogP contribution is 2.42. The molecule has 0 radical (unpaired) electrons. The maximum absolute atomic E-state index is 14.7. The summed E-state index contributed by atoms with van der Waals surface area (Å²) in [6.07, 6.45) is 3.55. The van der Waals surface area contributed by atoms with Crippen molar-refractivity contribution in [3.63, 3.8) is 0 Å². The molecule has 7 aromatic rings. The molecule has 0 amide bonds. The van der Waals surface area contributed by atoms with E-state index in [1.165, 1.54) is 0 Å². The van der Waals surface area contributed by atoms with Gasteiger partial charge in [0.15, 0.2) is 7.14 Å². The van der Waals surface area contributed by atoms with Crippen molar-refractivity contribution < 1.29 is 4.57 Å². The fraction of sp³-hybridized carbons (Fsp3) is 0. The van der Waals surface area contributed by atoms with Crippen molar-refractivity contribution in [1.82, 2.24) is 15.0 Å². The van der Waals surface area contributed by atoms with E-state index in [1.54, 1.807) is 12.4 Å². The second kappa shape index (κ2) is 10.00. The van der Waals surface area contributed by atoms with E-state index in [2.05, 4.69) is 29.2 Å². The van der Waals surface area contributed by atoms with E-state index in [9.17, 15) is 4.57 Å². The number of rotatable bonds is 5. The first kappa shape index (κ1) is 24.1. The van der Waals surface area contributed by atoms with Crippen LogP contribution in [0.1, 0.15) is 0 Å². The summed E-state index contributed by atoms with van der Waals surface area (Å²) >= 11 is 0. The average molecular weight is 534 g/mol. The van der Waals surface area contributed by atoms with Crippen LogP contribution in [0.3, 0.4) is 0 Å². The summed E-state index contributed by atoms with van der Waals surface area (Å²) in [5.74, 6) is 0. The Kier molecular flexibility index (Phi) is 6.03. The topological polar surface area (TPSA) is 55.7 Å². The van der Waals surface area contributed by atoms with Gasteiger partial charge in [0.05, 0.1) is 22.4 Å². The highest BCUT2D eigenvalue weighted by atomic mass is 31.2. The minimum absolute atomic E-state index is 0.795. The molecule has 0 fully saturated rings. The second-order valence-electron chi connectivity index (χ2n) is 9.67. The third-order valence-electron chi connectivity index (χ3n) is 7.26. The van der Waals surface area contributed by atoms with Gasteiger partial charge in [-0.1, -0.05) is 109 Å². The Hall–Kier alpha value is -4.92. The van der Waals surface area contributed by atoms with E-state index >= 15 is 0 Å². The van der Waals surface area contributed by atoms with Crippen LogP contribution in [-0.2, 0) is 4.57 Å². The van der Waals surface area contributed by atoms with E-state index in [0.29, 0.717) is 0 Å². The second-order valence-corrected chi connectivity index (χ2v) is 12.4. The smallest absolute Gasteiger partial charge is 0.171 e. The van der Waals surface area contributed by atoms with Crippen molar-refractivity contribution in [2.24, 2.45) is 0 Å². The first-order chi connectivity index (χ1) is 19.7. The zero-order valence-electron chi connectivity index (χ0n) is 21.6. The lowest BCUT2D eigenvalue weighted by atomic mass is 10.1. The van der Waals surface area contributed by atoms with Gasteiger partial charge in [-0.2, -0.15) is 0 Å². The first-order valence-electron chi connectivity index (χ1n) is 13.1. The van der Waals surface area contributed by atoms with Crippen LogP contribution < -0.4 is 15.9 Å². The van der Waals surface area contributed by atoms with Gasteiger partial charge in [0.1, 0.15) is 0 Å². The predicted octanol–water partition coefficient (Wildman–Crippen LogP) is 7.15. The molecule has 0 N–H and O–H groups in total. The fourth-order valence-electron chi connectivity index (χ4n) is 5.18. The highest BCUT2D eigenvalue weighted by Gasteiger charge is 2.29. The van der Waals surface area contributed by atoms with E-state index < -0.39 is 7.14 Å². The summed E-state index contributed by atoms with van der Waals surface area (Å²) in [6.45, 7) is 0. The summed E-state index contributed by atoms with van der Waals surface area (Å²) in [4.78, 5) is 14.2. The standard InChI is InChI=1S/C35H24N3OP/c39-40(29-7-3-1-4-8-29,30-9-5-2-6-10-30)31-17-13-25(14-18-31)32-19-15-27-11-12-28-16-20-33(26-21-23-36-24-22-26)38-35(28)34(27)37-32/h1-24H. The van der Waals surface area contributed by atoms with Gasteiger partial charge < -0.3 is 4.57 Å². The zero-order valence-corrected chi connectivity index (χ0v) is 22.4. The van der Waals surface area contributed by atoms with Gasteiger partial charge in [0.25, 0.3) is 0 Å². The molecule has 3 heterocycles. The Morgan fingerprint density at radius 1 is 0.425 bits per heavy atom. The van der Waals surface area contributed by atoms with Gasteiger partial charge in [0.2, 0.25) is 0 Å². The van der Waals surface area contributed by atoms with Gasteiger partial charge in [-0.25, -0.2) is 9.97 Å². The van der Waals surface area contributed by atoms with Crippen LogP contribution in [0.2, 0.25) is 0 Å². The van der Waals surface area contributed by atoms with Crippen molar-refractivity contribution in [3.8, 4) is 22.5 Å². The molecule has 7 rings (SSSR count). The average Bonchev–Trinajstić information content (AvgIpc) is 3.05. The normalized spacial score (nSPS) is 11.6. The van der Waals surface area contributed by atoms with Crippen molar-refractivity contribution in [2.45, 2.75) is 0 Å². The third-order valence-corrected chi connectivity index (χ3v) is 10.3. The molecular formula is C35H24N3OP. The molecule has 0 unspecified atom stereocenters. The summed E-state index contributed by atoms with van der Waals surface area (Å²) in [5.41, 5.74) is 5.42. The Labute approximate surface area is 232 Å². The molecule has 4 nitrogen and oxygen atoms in total. The monoisotopic (exact) mass is 533 g/mol. The minimum atomic E-state index is -3.03. The minimum Gasteiger partial charge on any atom is -0.309 e. The number of pyridine rings is 3. The van der Waals surface area contributed by atoms with Gasteiger partial charge in [-0.15, -0.1) is 0 Å². The van der Waals surface area contributed by atoms with Crippen LogP contribution in [0.4, 0.5) is 0 Å². The van der Waals surface area contributed by atoms with Crippen molar-refractivity contribution in [3.05, 3.63) is 146 Å². The molecule has 0 saturated carbocycles. The Morgan fingerprint density at radius 2 is 0.850 bits per heavy atom. The molecule has 3 aromatic heterocycles. The van der Waals surface area contributed by atoms with E-state index in [1.807, 2.05) is 109 Å². The van der Waals surface area contributed by atoms with E-state index in [-0.39, 0.29) is 0 Å². The maximum Gasteiger partial charge on any atom is 0.171 e. The van der Waals surface area contributed by atoms with Gasteiger partial charge >= 0.3 is 0 Å². The molecule has 0 spiro atoms. The van der Waals surface area contributed by atoms with Gasteiger partial charge in [0, 0.05) is 50.2 Å². The number of aromatic nitrogens is 3. The number of fused-ring (bicyclic) bond motifs is 3. The largest absolute Gasteiger partial charge is 0.309 e. The summed E-state index contributed by atoms with van der Waals surface area (Å²) < 4.78 is 14.7. The summed E-state index contributed by atoms with van der Waals surface area (Å²) in [6, 6.07) is 43.8. The maximum atomic E-state index is 14.7. The summed E-state index contributed by atoms with van der Waals surface area (Å²) in [7, 11) is -3.03. The molecule has 40 heavy (non-hydrogen) atoms. The van der Waals surface area contributed by atoms with Crippen molar-refractivity contribution >= 4 is 44.9 Å². The van der Waals surface area contributed by atoms with Gasteiger partial charge in [-0.3, -0.25) is 4.98 Å². The Bertz CT molecular complexity index is 1970. The number of nitrogens with zero attached hydrogens (tertiary/aromatic N) is 3. The van der Waals surface area contributed by atoms with Crippen LogP contribution in [0.15, 0.2) is 146 Å².